The number of nitrogen functional groups attached to an aromatic ring is 1. The van der Waals surface area contributed by atoms with Crippen LogP contribution in [0.25, 0.3) is 0 Å². The van der Waals surface area contributed by atoms with Crippen LogP contribution in [0.4, 0.5) is 25.1 Å². The number of aliphatic hydroxyl groups is 2. The van der Waals surface area contributed by atoms with E-state index in [2.05, 4.69) is 20.4 Å². The molecule has 1 aliphatic rings. The Morgan fingerprint density at radius 2 is 2.00 bits per heavy atom. The minimum Gasteiger partial charge on any atom is -0.471 e. The molecule has 0 bridgehead atoms. The van der Waals surface area contributed by atoms with Crippen molar-refractivity contribution in [3.05, 3.63) is 53.2 Å². The first kappa shape index (κ1) is 23.4. The third kappa shape index (κ3) is 5.29. The molecule has 7 N–H and O–H groups in total. The molecular weight excluding hydrogens is 424 g/mol. The van der Waals surface area contributed by atoms with Crippen LogP contribution in [0.15, 0.2) is 36.4 Å². The van der Waals surface area contributed by atoms with Crippen molar-refractivity contribution >= 4 is 23.4 Å². The first-order valence-corrected chi connectivity index (χ1v) is 9.98. The van der Waals surface area contributed by atoms with E-state index in [0.717, 1.165) is 12.0 Å². The Morgan fingerprint density at radius 3 is 2.56 bits per heavy atom. The predicted octanol–water partition coefficient (Wildman–Crippen LogP) is 2.54. The first-order chi connectivity index (χ1) is 15.2. The summed E-state index contributed by atoms with van der Waals surface area (Å²) in [5.74, 6) is -0.687. The van der Waals surface area contributed by atoms with Crippen molar-refractivity contribution in [2.75, 3.05) is 17.7 Å². The SMILES string of the molecule is N=C(OCC(F)F)c1c(N)cc(NC(=O)N[C@@H](c2ccccc2)C2(O)CCC2)nc1CO. The second-order valence-corrected chi connectivity index (χ2v) is 7.51. The smallest absolute Gasteiger partial charge is 0.320 e. The average molecular weight is 449 g/mol. The van der Waals surface area contributed by atoms with E-state index in [4.69, 9.17) is 11.1 Å². The largest absolute Gasteiger partial charge is 0.471 e. The summed E-state index contributed by atoms with van der Waals surface area (Å²) in [5, 5.41) is 33.5. The number of benzene rings is 1. The zero-order valence-electron chi connectivity index (χ0n) is 17.1. The highest BCUT2D eigenvalue weighted by molar-refractivity contribution is 5.99. The summed E-state index contributed by atoms with van der Waals surface area (Å²) in [5.41, 5.74) is 5.24. The monoisotopic (exact) mass is 449 g/mol. The fourth-order valence-electron chi connectivity index (χ4n) is 3.56. The lowest BCUT2D eigenvalue weighted by Gasteiger charge is -2.43. The van der Waals surface area contributed by atoms with Crippen molar-refractivity contribution in [3.8, 4) is 0 Å². The van der Waals surface area contributed by atoms with E-state index in [1.54, 1.807) is 12.1 Å². The van der Waals surface area contributed by atoms with Gasteiger partial charge in [0.25, 0.3) is 6.43 Å². The van der Waals surface area contributed by atoms with Crippen molar-refractivity contribution in [2.45, 2.75) is 43.9 Å². The van der Waals surface area contributed by atoms with E-state index in [9.17, 15) is 23.8 Å². The van der Waals surface area contributed by atoms with Crippen LogP contribution >= 0.6 is 0 Å². The number of alkyl halides is 2. The molecule has 172 valence electrons. The normalized spacial score (nSPS) is 15.5. The van der Waals surface area contributed by atoms with E-state index in [1.165, 1.54) is 6.07 Å². The van der Waals surface area contributed by atoms with Crippen LogP contribution in [-0.4, -0.2) is 45.8 Å². The molecule has 0 unspecified atom stereocenters. The zero-order chi connectivity index (χ0) is 23.3. The number of nitrogens with two attached hydrogens (primary N) is 1. The fourth-order valence-corrected chi connectivity index (χ4v) is 3.56. The number of carbonyl (C=O) groups is 1. The number of pyridine rings is 1. The topological polar surface area (TPSA) is 154 Å². The van der Waals surface area contributed by atoms with Gasteiger partial charge < -0.3 is 26.0 Å². The number of halogens is 2. The summed E-state index contributed by atoms with van der Waals surface area (Å²) < 4.78 is 29.4. The van der Waals surface area contributed by atoms with E-state index < -0.39 is 43.2 Å². The maximum Gasteiger partial charge on any atom is 0.320 e. The van der Waals surface area contributed by atoms with Crippen LogP contribution in [0.1, 0.15) is 42.1 Å². The molecule has 2 aromatic rings. The number of hydrogen-bond donors (Lipinski definition) is 6. The van der Waals surface area contributed by atoms with Gasteiger partial charge in [-0.3, -0.25) is 10.7 Å². The number of rotatable bonds is 8. The summed E-state index contributed by atoms with van der Waals surface area (Å²) in [6.45, 7) is -1.67. The molecule has 32 heavy (non-hydrogen) atoms. The molecule has 2 amide bonds. The van der Waals surface area contributed by atoms with Crippen LogP contribution in [-0.2, 0) is 11.3 Å². The Morgan fingerprint density at radius 1 is 1.31 bits per heavy atom. The second-order valence-electron chi connectivity index (χ2n) is 7.51. The Labute approximate surface area is 183 Å². The molecular formula is C21H25F2N5O4. The van der Waals surface area contributed by atoms with Gasteiger partial charge in [-0.15, -0.1) is 0 Å². The first-order valence-electron chi connectivity index (χ1n) is 9.98. The molecule has 1 heterocycles. The fraction of sp³-hybridized carbons (Fsp3) is 0.381. The van der Waals surface area contributed by atoms with Gasteiger partial charge in [0.1, 0.15) is 5.82 Å². The predicted molar refractivity (Wildman–Crippen MR) is 113 cm³/mol. The number of anilines is 2. The van der Waals surface area contributed by atoms with Gasteiger partial charge in [0.05, 0.1) is 29.5 Å². The Balaban J connectivity index is 1.76. The standard InChI is InChI=1S/C21H25F2N5O4/c22-15(23)11-32-19(25)17-13(24)9-16(26-14(17)10-29)27-20(30)28-18(21(31)7-4-8-21)12-5-2-1-3-6-12/h1-3,5-6,9,15,18,25,29,31H,4,7-8,10-11H2,(H4,24,26,27,28,30)/t18-/m0/s1. The van der Waals surface area contributed by atoms with Crippen molar-refractivity contribution in [2.24, 2.45) is 0 Å². The van der Waals surface area contributed by atoms with Crippen molar-refractivity contribution in [3.63, 3.8) is 0 Å². The summed E-state index contributed by atoms with van der Waals surface area (Å²) in [4.78, 5) is 16.7. The van der Waals surface area contributed by atoms with Gasteiger partial charge >= 0.3 is 6.03 Å². The number of nitrogens with one attached hydrogen (secondary N) is 3. The van der Waals surface area contributed by atoms with Crippen molar-refractivity contribution < 1.29 is 28.5 Å². The molecule has 0 aliphatic heterocycles. The van der Waals surface area contributed by atoms with Crippen LogP contribution in [0.5, 0.6) is 0 Å². The maximum absolute atomic E-state index is 12.7. The summed E-state index contributed by atoms with van der Waals surface area (Å²) in [6, 6.07) is 8.98. The lowest BCUT2D eigenvalue weighted by Crippen LogP contribution is -2.51. The number of ether oxygens (including phenoxy) is 1. The van der Waals surface area contributed by atoms with E-state index in [-0.39, 0.29) is 22.8 Å². The number of nitrogens with zero attached hydrogens (tertiary/aromatic N) is 1. The van der Waals surface area contributed by atoms with Crippen molar-refractivity contribution in [1.82, 2.24) is 10.3 Å². The highest BCUT2D eigenvalue weighted by atomic mass is 19.3. The number of amides is 2. The van der Waals surface area contributed by atoms with E-state index in [0.29, 0.717) is 12.8 Å². The number of aromatic nitrogens is 1. The lowest BCUT2D eigenvalue weighted by molar-refractivity contribution is -0.0627. The minimum absolute atomic E-state index is 0.0260. The van der Waals surface area contributed by atoms with Crippen LogP contribution in [0.2, 0.25) is 0 Å². The Hall–Kier alpha value is -3.31. The molecule has 3 rings (SSSR count). The number of carbonyl (C=O) groups excluding carboxylic acids is 1. The van der Waals surface area contributed by atoms with E-state index >= 15 is 0 Å². The average Bonchev–Trinajstić information content (AvgIpc) is 2.74. The zero-order valence-corrected chi connectivity index (χ0v) is 17.1. The van der Waals surface area contributed by atoms with Gasteiger partial charge in [0.2, 0.25) is 5.90 Å². The molecule has 1 saturated carbocycles. The Kier molecular flexibility index (Phi) is 7.21. The lowest BCUT2D eigenvalue weighted by atomic mass is 9.72. The van der Waals surface area contributed by atoms with Gasteiger partial charge in [0, 0.05) is 11.8 Å². The second kappa shape index (κ2) is 9.88. The van der Waals surface area contributed by atoms with Gasteiger partial charge in [-0.25, -0.2) is 18.6 Å². The third-order valence-electron chi connectivity index (χ3n) is 5.26. The summed E-state index contributed by atoms with van der Waals surface area (Å²) >= 11 is 0. The van der Waals surface area contributed by atoms with Crippen molar-refractivity contribution in [1.29, 1.82) is 5.41 Å². The number of urea groups is 1. The summed E-state index contributed by atoms with van der Waals surface area (Å²) in [6.07, 6.45) is -0.846. The molecule has 0 spiro atoms. The molecule has 11 heteroatoms. The van der Waals surface area contributed by atoms with Gasteiger partial charge in [-0.1, -0.05) is 30.3 Å². The van der Waals surface area contributed by atoms with Gasteiger partial charge in [0.15, 0.2) is 6.61 Å². The maximum atomic E-state index is 12.7. The minimum atomic E-state index is -2.78. The molecule has 1 aromatic heterocycles. The van der Waals surface area contributed by atoms with Gasteiger partial charge in [-0.2, -0.15) is 0 Å². The highest BCUT2D eigenvalue weighted by Gasteiger charge is 2.43. The molecule has 0 radical (unpaired) electrons. The third-order valence-corrected chi connectivity index (χ3v) is 5.26. The molecule has 1 aliphatic carbocycles. The molecule has 9 nitrogen and oxygen atoms in total. The van der Waals surface area contributed by atoms with Crippen LogP contribution in [0.3, 0.4) is 0 Å². The highest BCUT2D eigenvalue weighted by Crippen LogP contribution is 2.42. The number of hydrogen-bond acceptors (Lipinski definition) is 7. The molecule has 1 atom stereocenters. The van der Waals surface area contributed by atoms with Crippen LogP contribution in [0, 0.1) is 5.41 Å². The van der Waals surface area contributed by atoms with Gasteiger partial charge in [-0.05, 0) is 24.8 Å². The molecule has 0 saturated heterocycles. The summed E-state index contributed by atoms with van der Waals surface area (Å²) in [7, 11) is 0. The Bertz CT molecular complexity index is 970. The van der Waals surface area contributed by atoms with E-state index in [1.807, 2.05) is 18.2 Å². The molecule has 1 fully saturated rings. The molecule has 1 aromatic carbocycles. The number of aliphatic hydroxyl groups excluding tert-OH is 1. The quantitative estimate of drug-likeness (QED) is 0.269. The van der Waals surface area contributed by atoms with Crippen LogP contribution < -0.4 is 16.4 Å².